The summed E-state index contributed by atoms with van der Waals surface area (Å²) in [6.07, 6.45) is 5.11. The van der Waals surface area contributed by atoms with Crippen molar-refractivity contribution in [1.29, 1.82) is 0 Å². The van der Waals surface area contributed by atoms with Crippen LogP contribution in [-0.2, 0) is 16.0 Å². The van der Waals surface area contributed by atoms with Crippen molar-refractivity contribution < 1.29 is 23.5 Å². The number of aromatic nitrogens is 1. The summed E-state index contributed by atoms with van der Waals surface area (Å²) in [5.74, 6) is 0.634. The number of carbonyl (C=O) groups is 2. The van der Waals surface area contributed by atoms with Crippen LogP contribution in [0, 0.1) is 6.92 Å². The third-order valence-corrected chi connectivity index (χ3v) is 4.58. The summed E-state index contributed by atoms with van der Waals surface area (Å²) in [6, 6.07) is 3.50. The minimum Gasteiger partial charge on any atom is -0.481 e. The molecule has 1 amide bonds. The Morgan fingerprint density at radius 1 is 1.40 bits per heavy atom. The van der Waals surface area contributed by atoms with Crippen LogP contribution in [0.3, 0.4) is 0 Å². The Bertz CT molecular complexity index is 735. The average molecular weight is 346 g/mol. The van der Waals surface area contributed by atoms with E-state index < -0.39 is 5.97 Å². The summed E-state index contributed by atoms with van der Waals surface area (Å²) in [5.41, 5.74) is 0.596. The van der Waals surface area contributed by atoms with E-state index in [-0.39, 0.29) is 24.8 Å². The molecule has 1 aliphatic heterocycles. The van der Waals surface area contributed by atoms with Gasteiger partial charge in [0.05, 0.1) is 18.4 Å². The SMILES string of the molecule is Cc1oc(-c2ccco2)nc1CC(=O)N1CCCCC1CCC(=O)O. The molecular formula is C18H22N2O5. The predicted molar refractivity (Wildman–Crippen MR) is 88.9 cm³/mol. The average Bonchev–Trinajstić information content (AvgIpc) is 3.23. The number of amides is 1. The van der Waals surface area contributed by atoms with Gasteiger partial charge in [-0.05, 0) is 44.7 Å². The van der Waals surface area contributed by atoms with Crippen LogP contribution in [0.2, 0.25) is 0 Å². The molecule has 134 valence electrons. The lowest BCUT2D eigenvalue weighted by atomic mass is 9.97. The molecule has 3 heterocycles. The Labute approximate surface area is 145 Å². The van der Waals surface area contributed by atoms with E-state index >= 15 is 0 Å². The summed E-state index contributed by atoms with van der Waals surface area (Å²) in [4.78, 5) is 29.8. The van der Waals surface area contributed by atoms with Crippen molar-refractivity contribution in [2.45, 2.75) is 51.5 Å². The van der Waals surface area contributed by atoms with Crippen LogP contribution in [0.25, 0.3) is 11.7 Å². The van der Waals surface area contributed by atoms with Crippen LogP contribution >= 0.6 is 0 Å². The molecule has 0 aromatic carbocycles. The van der Waals surface area contributed by atoms with Gasteiger partial charge in [0.15, 0.2) is 5.76 Å². The van der Waals surface area contributed by atoms with E-state index in [0.717, 1.165) is 19.3 Å². The molecule has 1 N–H and O–H groups in total. The van der Waals surface area contributed by atoms with Crippen molar-refractivity contribution in [2.75, 3.05) is 6.54 Å². The molecule has 7 heteroatoms. The maximum Gasteiger partial charge on any atom is 0.303 e. The molecule has 1 unspecified atom stereocenters. The zero-order chi connectivity index (χ0) is 17.8. The topological polar surface area (TPSA) is 96.8 Å². The van der Waals surface area contributed by atoms with Crippen LogP contribution < -0.4 is 0 Å². The lowest BCUT2D eigenvalue weighted by Crippen LogP contribution is -2.44. The molecule has 1 fully saturated rings. The van der Waals surface area contributed by atoms with Crippen LogP contribution in [0.15, 0.2) is 27.2 Å². The van der Waals surface area contributed by atoms with Gasteiger partial charge in [-0.15, -0.1) is 0 Å². The molecule has 25 heavy (non-hydrogen) atoms. The molecule has 1 atom stereocenters. The highest BCUT2D eigenvalue weighted by Gasteiger charge is 2.28. The van der Waals surface area contributed by atoms with Gasteiger partial charge in [0, 0.05) is 19.0 Å². The second-order valence-corrected chi connectivity index (χ2v) is 6.35. The van der Waals surface area contributed by atoms with E-state index in [0.29, 0.717) is 36.1 Å². The molecule has 7 nitrogen and oxygen atoms in total. The summed E-state index contributed by atoms with van der Waals surface area (Å²) in [7, 11) is 0. The maximum absolute atomic E-state index is 12.7. The van der Waals surface area contributed by atoms with Crippen molar-refractivity contribution >= 4 is 11.9 Å². The maximum atomic E-state index is 12.7. The number of hydrogen-bond acceptors (Lipinski definition) is 5. The first-order valence-corrected chi connectivity index (χ1v) is 8.56. The number of carboxylic acid groups (broad SMARTS) is 1. The number of aryl methyl sites for hydroxylation is 1. The molecule has 1 saturated heterocycles. The van der Waals surface area contributed by atoms with Gasteiger partial charge in [0.2, 0.25) is 5.91 Å². The van der Waals surface area contributed by atoms with Gasteiger partial charge in [-0.3, -0.25) is 9.59 Å². The van der Waals surface area contributed by atoms with Gasteiger partial charge in [-0.1, -0.05) is 0 Å². The highest BCUT2D eigenvalue weighted by molar-refractivity contribution is 5.79. The molecule has 0 spiro atoms. The number of hydrogen-bond donors (Lipinski definition) is 1. The molecule has 2 aromatic heterocycles. The Hall–Kier alpha value is -2.57. The quantitative estimate of drug-likeness (QED) is 0.863. The molecule has 3 rings (SSSR count). The lowest BCUT2D eigenvalue weighted by Gasteiger charge is -2.35. The Morgan fingerprint density at radius 3 is 2.96 bits per heavy atom. The van der Waals surface area contributed by atoms with Crippen molar-refractivity contribution in [3.63, 3.8) is 0 Å². The second kappa shape index (κ2) is 7.55. The smallest absolute Gasteiger partial charge is 0.303 e. The minimum atomic E-state index is -0.826. The van der Waals surface area contributed by atoms with Gasteiger partial charge in [-0.25, -0.2) is 4.98 Å². The molecule has 0 bridgehead atoms. The molecular weight excluding hydrogens is 324 g/mol. The zero-order valence-corrected chi connectivity index (χ0v) is 14.2. The van der Waals surface area contributed by atoms with Crippen LogP contribution in [0.4, 0.5) is 0 Å². The number of rotatable bonds is 6. The zero-order valence-electron chi connectivity index (χ0n) is 14.2. The van der Waals surface area contributed by atoms with Crippen molar-refractivity contribution in [2.24, 2.45) is 0 Å². The van der Waals surface area contributed by atoms with E-state index in [1.807, 2.05) is 4.90 Å². The summed E-state index contributed by atoms with van der Waals surface area (Å²) in [6.45, 7) is 2.45. The van der Waals surface area contributed by atoms with E-state index in [9.17, 15) is 9.59 Å². The van der Waals surface area contributed by atoms with Crippen molar-refractivity contribution in [3.8, 4) is 11.7 Å². The molecule has 0 radical (unpaired) electrons. The number of piperidine rings is 1. The lowest BCUT2D eigenvalue weighted by molar-refractivity contribution is -0.139. The third-order valence-electron chi connectivity index (χ3n) is 4.58. The number of oxazole rings is 1. The highest BCUT2D eigenvalue weighted by Crippen LogP contribution is 2.25. The van der Waals surface area contributed by atoms with Gasteiger partial charge in [0.1, 0.15) is 5.76 Å². The number of likely N-dealkylation sites (tertiary alicyclic amines) is 1. The van der Waals surface area contributed by atoms with E-state index in [4.69, 9.17) is 13.9 Å². The van der Waals surface area contributed by atoms with E-state index in [1.54, 1.807) is 25.3 Å². The van der Waals surface area contributed by atoms with Gasteiger partial charge < -0.3 is 18.8 Å². The van der Waals surface area contributed by atoms with Crippen LogP contribution in [-0.4, -0.2) is 39.5 Å². The Kier molecular flexibility index (Phi) is 5.21. The van der Waals surface area contributed by atoms with Crippen molar-refractivity contribution in [1.82, 2.24) is 9.88 Å². The Morgan fingerprint density at radius 2 is 2.24 bits per heavy atom. The number of carboxylic acids is 1. The number of nitrogens with zero attached hydrogens (tertiary/aromatic N) is 2. The van der Waals surface area contributed by atoms with Gasteiger partial charge in [-0.2, -0.15) is 0 Å². The molecule has 0 saturated carbocycles. The fraction of sp³-hybridized carbons (Fsp3) is 0.500. The highest BCUT2D eigenvalue weighted by atomic mass is 16.4. The van der Waals surface area contributed by atoms with E-state index in [2.05, 4.69) is 4.98 Å². The first kappa shape index (κ1) is 17.3. The number of carbonyl (C=O) groups excluding carboxylic acids is 1. The normalized spacial score (nSPS) is 17.6. The number of aliphatic carboxylic acids is 1. The fourth-order valence-electron chi connectivity index (χ4n) is 3.26. The second-order valence-electron chi connectivity index (χ2n) is 6.35. The van der Waals surface area contributed by atoms with Gasteiger partial charge >= 0.3 is 5.97 Å². The summed E-state index contributed by atoms with van der Waals surface area (Å²) < 4.78 is 10.9. The third kappa shape index (κ3) is 4.10. The van der Waals surface area contributed by atoms with Crippen LogP contribution in [0.5, 0.6) is 0 Å². The summed E-state index contributed by atoms with van der Waals surface area (Å²) in [5, 5.41) is 8.90. The monoisotopic (exact) mass is 346 g/mol. The Balaban J connectivity index is 1.69. The van der Waals surface area contributed by atoms with Gasteiger partial charge in [0.25, 0.3) is 5.89 Å². The van der Waals surface area contributed by atoms with Crippen molar-refractivity contribution in [3.05, 3.63) is 29.9 Å². The predicted octanol–water partition coefficient (Wildman–Crippen LogP) is 3.03. The summed E-state index contributed by atoms with van der Waals surface area (Å²) >= 11 is 0. The number of furan rings is 1. The first-order chi connectivity index (χ1) is 12.0. The molecule has 2 aromatic rings. The van der Waals surface area contributed by atoms with Crippen LogP contribution in [0.1, 0.15) is 43.6 Å². The molecule has 1 aliphatic rings. The largest absolute Gasteiger partial charge is 0.481 e. The van der Waals surface area contributed by atoms with E-state index in [1.165, 1.54) is 0 Å². The molecule has 0 aliphatic carbocycles. The fourth-order valence-corrected chi connectivity index (χ4v) is 3.26. The standard InChI is InChI=1S/C18H22N2O5/c1-12-14(19-18(25-12)15-6-4-10-24-15)11-16(21)20-9-3-2-5-13(20)7-8-17(22)23/h4,6,10,13H,2-3,5,7-9,11H2,1H3,(H,22,23). The first-order valence-electron chi connectivity index (χ1n) is 8.56. The minimum absolute atomic E-state index is 0.00546.